The zero-order valence-electron chi connectivity index (χ0n) is 14.6. The summed E-state index contributed by atoms with van der Waals surface area (Å²) in [6, 6.07) is 6.17. The average Bonchev–Trinajstić information content (AvgIpc) is 2.91. The van der Waals surface area contributed by atoms with Crippen molar-refractivity contribution in [2.75, 3.05) is 6.54 Å². The lowest BCUT2D eigenvalue weighted by molar-refractivity contribution is -0.384. The predicted octanol–water partition coefficient (Wildman–Crippen LogP) is 1.82. The van der Waals surface area contributed by atoms with Crippen molar-refractivity contribution in [1.29, 1.82) is 0 Å². The Bertz CT molecular complexity index is 978. The van der Waals surface area contributed by atoms with Crippen LogP contribution in [-0.2, 0) is 11.3 Å². The Hall–Kier alpha value is -3.69. The Morgan fingerprint density at radius 2 is 1.96 bits per heavy atom. The van der Waals surface area contributed by atoms with Gasteiger partial charge in [-0.2, -0.15) is 0 Å². The number of hydrogen-bond donors (Lipinski definition) is 1. The number of pyridine rings is 1. The molecule has 1 aliphatic rings. The first-order valence-electron chi connectivity index (χ1n) is 8.39. The second-order valence-electron chi connectivity index (χ2n) is 6.06. The van der Waals surface area contributed by atoms with Crippen molar-refractivity contribution < 1.29 is 23.7 Å². The summed E-state index contributed by atoms with van der Waals surface area (Å²) in [6.45, 7) is -0.0757. The molecule has 0 saturated heterocycles. The Balaban J connectivity index is 1.53. The quantitative estimate of drug-likeness (QED) is 0.440. The van der Waals surface area contributed by atoms with Gasteiger partial charge < -0.3 is 5.32 Å². The number of fused-ring (bicyclic) bond motifs is 1. The molecule has 1 aromatic carbocycles. The van der Waals surface area contributed by atoms with Crippen molar-refractivity contribution in [3.63, 3.8) is 0 Å². The number of imide groups is 1. The zero-order chi connectivity index (χ0) is 20.3. The number of benzene rings is 1. The largest absolute Gasteiger partial charge is 0.350 e. The van der Waals surface area contributed by atoms with E-state index < -0.39 is 22.6 Å². The first-order chi connectivity index (χ1) is 13.4. The van der Waals surface area contributed by atoms with Gasteiger partial charge in [0.25, 0.3) is 17.5 Å². The molecule has 0 spiro atoms. The number of nitro benzene ring substituents is 1. The van der Waals surface area contributed by atoms with E-state index >= 15 is 0 Å². The van der Waals surface area contributed by atoms with Gasteiger partial charge in [0.05, 0.1) is 28.3 Å². The minimum Gasteiger partial charge on any atom is -0.350 e. The molecule has 1 N–H and O–H groups in total. The minimum atomic E-state index is -0.643. The number of carbonyl (C=O) groups is 3. The molecule has 0 saturated carbocycles. The molecular weight excluding hydrogens is 371 g/mol. The molecule has 3 rings (SSSR count). The predicted molar refractivity (Wildman–Crippen MR) is 93.7 cm³/mol. The van der Waals surface area contributed by atoms with Gasteiger partial charge in [0, 0.05) is 31.3 Å². The second kappa shape index (κ2) is 7.91. The van der Waals surface area contributed by atoms with Gasteiger partial charge in [-0.25, -0.2) is 4.39 Å². The van der Waals surface area contributed by atoms with E-state index in [0.717, 1.165) is 17.0 Å². The van der Waals surface area contributed by atoms with Crippen molar-refractivity contribution >= 4 is 23.4 Å². The second-order valence-corrected chi connectivity index (χ2v) is 6.06. The van der Waals surface area contributed by atoms with Crippen LogP contribution in [0.4, 0.5) is 10.1 Å². The van der Waals surface area contributed by atoms with Crippen LogP contribution in [0.3, 0.4) is 0 Å². The monoisotopic (exact) mass is 386 g/mol. The summed E-state index contributed by atoms with van der Waals surface area (Å²) in [5, 5.41) is 13.3. The molecule has 0 fully saturated rings. The maximum absolute atomic E-state index is 13.5. The molecule has 0 aliphatic carbocycles. The van der Waals surface area contributed by atoms with Crippen molar-refractivity contribution in [3.05, 3.63) is 69.3 Å². The molecule has 2 heterocycles. The summed E-state index contributed by atoms with van der Waals surface area (Å²) in [5.41, 5.74) is -0.0827. The number of aromatic nitrogens is 1. The first-order valence-corrected chi connectivity index (χ1v) is 8.39. The molecule has 1 aromatic heterocycles. The fourth-order valence-electron chi connectivity index (χ4n) is 2.81. The summed E-state index contributed by atoms with van der Waals surface area (Å²) in [7, 11) is 0. The summed E-state index contributed by atoms with van der Waals surface area (Å²) < 4.78 is 13.5. The van der Waals surface area contributed by atoms with E-state index in [9.17, 15) is 28.9 Å². The first kappa shape index (κ1) is 19.1. The molecule has 1 aliphatic heterocycles. The molecule has 9 nitrogen and oxygen atoms in total. The number of hydrogen-bond acceptors (Lipinski definition) is 6. The van der Waals surface area contributed by atoms with Gasteiger partial charge in [-0.05, 0) is 24.6 Å². The fraction of sp³-hybridized carbons (Fsp3) is 0.222. The molecule has 144 valence electrons. The highest BCUT2D eigenvalue weighted by Crippen LogP contribution is 2.26. The summed E-state index contributed by atoms with van der Waals surface area (Å²) in [5.74, 6) is -2.08. The Morgan fingerprint density at radius 1 is 1.21 bits per heavy atom. The van der Waals surface area contributed by atoms with E-state index in [4.69, 9.17) is 0 Å². The van der Waals surface area contributed by atoms with E-state index in [0.29, 0.717) is 0 Å². The van der Waals surface area contributed by atoms with Crippen molar-refractivity contribution in [2.24, 2.45) is 0 Å². The average molecular weight is 386 g/mol. The Kier molecular flexibility index (Phi) is 5.39. The topological polar surface area (TPSA) is 123 Å². The lowest BCUT2D eigenvalue weighted by Gasteiger charge is -2.13. The highest BCUT2D eigenvalue weighted by molar-refractivity contribution is 6.21. The molecular formula is C18H15FN4O5. The lowest BCUT2D eigenvalue weighted by atomic mass is 10.1. The standard InChI is InChI=1S/C18H15FN4O5/c19-14-3-1-7-20-15(14)10-21-16(24)4-2-8-22-17(25)12-6-5-11(23(27)28)9-13(12)18(22)26/h1,3,5-7,9H,2,4,8,10H2,(H,21,24). The smallest absolute Gasteiger partial charge is 0.270 e. The molecule has 0 bridgehead atoms. The van der Waals surface area contributed by atoms with E-state index in [2.05, 4.69) is 10.3 Å². The molecule has 0 unspecified atom stereocenters. The van der Waals surface area contributed by atoms with Crippen molar-refractivity contribution in [2.45, 2.75) is 19.4 Å². The number of non-ortho nitro benzene ring substituents is 1. The number of amides is 3. The highest BCUT2D eigenvalue weighted by Gasteiger charge is 2.36. The van der Waals surface area contributed by atoms with Crippen LogP contribution in [0.1, 0.15) is 39.3 Å². The molecule has 3 amide bonds. The summed E-state index contributed by atoms with van der Waals surface area (Å²) in [4.78, 5) is 51.5. The normalized spacial score (nSPS) is 12.8. The van der Waals surface area contributed by atoms with Crippen LogP contribution < -0.4 is 5.32 Å². The van der Waals surface area contributed by atoms with E-state index in [1.54, 1.807) is 0 Å². The molecule has 28 heavy (non-hydrogen) atoms. The number of nitrogens with zero attached hydrogens (tertiary/aromatic N) is 3. The molecule has 10 heteroatoms. The lowest BCUT2D eigenvalue weighted by Crippen LogP contribution is -2.32. The Labute approximate surface area is 158 Å². The van der Waals surface area contributed by atoms with Gasteiger partial charge >= 0.3 is 0 Å². The minimum absolute atomic E-state index is 0.00842. The number of nitro groups is 1. The van der Waals surface area contributed by atoms with Crippen molar-refractivity contribution in [1.82, 2.24) is 15.2 Å². The van der Waals surface area contributed by atoms with Gasteiger partial charge in [-0.3, -0.25) is 34.4 Å². The maximum Gasteiger partial charge on any atom is 0.270 e. The third-order valence-electron chi connectivity index (χ3n) is 4.24. The number of carbonyl (C=O) groups excluding carboxylic acids is 3. The van der Waals surface area contributed by atoms with E-state index in [1.165, 1.54) is 24.4 Å². The molecule has 2 aromatic rings. The van der Waals surface area contributed by atoms with Crippen LogP contribution in [-0.4, -0.2) is 39.1 Å². The van der Waals surface area contributed by atoms with Gasteiger partial charge in [0.15, 0.2) is 0 Å². The van der Waals surface area contributed by atoms with Gasteiger partial charge in [-0.15, -0.1) is 0 Å². The van der Waals surface area contributed by atoms with Crippen LogP contribution >= 0.6 is 0 Å². The molecule has 0 radical (unpaired) electrons. The SMILES string of the molecule is O=C(CCCN1C(=O)c2ccc([N+](=O)[O-])cc2C1=O)NCc1ncccc1F. The number of nitrogens with one attached hydrogen (secondary N) is 1. The zero-order valence-corrected chi connectivity index (χ0v) is 14.6. The van der Waals surface area contributed by atoms with E-state index in [1.807, 2.05) is 0 Å². The van der Waals surface area contributed by atoms with Crippen LogP contribution in [0.2, 0.25) is 0 Å². The van der Waals surface area contributed by atoms with Crippen LogP contribution in [0.25, 0.3) is 0 Å². The summed E-state index contributed by atoms with van der Waals surface area (Å²) in [6.07, 6.45) is 1.63. The Morgan fingerprint density at radius 3 is 2.68 bits per heavy atom. The van der Waals surface area contributed by atoms with Crippen LogP contribution in [0, 0.1) is 15.9 Å². The van der Waals surface area contributed by atoms with Crippen molar-refractivity contribution in [3.8, 4) is 0 Å². The van der Waals surface area contributed by atoms with Crippen LogP contribution in [0.5, 0.6) is 0 Å². The summed E-state index contributed by atoms with van der Waals surface area (Å²) >= 11 is 0. The number of halogens is 1. The van der Waals surface area contributed by atoms with E-state index in [-0.39, 0.29) is 54.3 Å². The number of rotatable bonds is 7. The van der Waals surface area contributed by atoms with Gasteiger partial charge in [0.2, 0.25) is 5.91 Å². The fourth-order valence-corrected chi connectivity index (χ4v) is 2.81. The maximum atomic E-state index is 13.5. The highest BCUT2D eigenvalue weighted by atomic mass is 19.1. The van der Waals surface area contributed by atoms with Gasteiger partial charge in [-0.1, -0.05) is 0 Å². The third-order valence-corrected chi connectivity index (χ3v) is 4.24. The van der Waals surface area contributed by atoms with Gasteiger partial charge in [0.1, 0.15) is 5.82 Å². The van der Waals surface area contributed by atoms with Crippen LogP contribution in [0.15, 0.2) is 36.5 Å². The molecule has 0 atom stereocenters. The third kappa shape index (κ3) is 3.85.